The highest BCUT2D eigenvalue weighted by Crippen LogP contribution is 2.35. The van der Waals surface area contributed by atoms with Crippen molar-refractivity contribution in [3.63, 3.8) is 0 Å². The molecule has 0 saturated carbocycles. The van der Waals surface area contributed by atoms with Crippen LogP contribution >= 0.6 is 15.9 Å². The highest BCUT2D eigenvalue weighted by atomic mass is 79.9. The third kappa shape index (κ3) is 1.84. The third-order valence-corrected chi connectivity index (χ3v) is 3.60. The molecule has 0 radical (unpaired) electrons. The van der Waals surface area contributed by atoms with Gasteiger partial charge in [0.1, 0.15) is 5.82 Å². The van der Waals surface area contributed by atoms with E-state index in [1.54, 1.807) is 6.07 Å². The Hall–Kier alpha value is -2.39. The molecule has 0 aliphatic rings. The molecule has 98 valence electrons. The van der Waals surface area contributed by atoms with Crippen LogP contribution in [0.1, 0.15) is 5.56 Å². The van der Waals surface area contributed by atoms with E-state index in [0.717, 1.165) is 0 Å². The van der Waals surface area contributed by atoms with Gasteiger partial charge in [-0.2, -0.15) is 5.26 Å². The van der Waals surface area contributed by atoms with Gasteiger partial charge in [-0.25, -0.2) is 9.37 Å². The molecular weight excluding hydrogens is 325 g/mol. The van der Waals surface area contributed by atoms with Crippen molar-refractivity contribution >= 4 is 26.8 Å². The summed E-state index contributed by atoms with van der Waals surface area (Å²) >= 11 is 3.32. The first-order valence-electron chi connectivity index (χ1n) is 5.67. The summed E-state index contributed by atoms with van der Waals surface area (Å²) in [5.41, 5.74) is 1.18. The second-order valence-electron chi connectivity index (χ2n) is 4.16. The van der Waals surface area contributed by atoms with Crippen molar-refractivity contribution in [1.82, 2.24) is 9.97 Å². The molecule has 0 amide bonds. The number of halogens is 2. The molecule has 0 unspecified atom stereocenters. The average molecular weight is 332 g/mol. The Kier molecular flexibility index (Phi) is 2.92. The molecule has 0 atom stereocenters. The van der Waals surface area contributed by atoms with Crippen LogP contribution in [0.2, 0.25) is 0 Å². The second kappa shape index (κ2) is 4.62. The molecule has 2 aromatic heterocycles. The van der Waals surface area contributed by atoms with Crippen molar-refractivity contribution in [2.75, 3.05) is 0 Å². The van der Waals surface area contributed by atoms with Crippen LogP contribution in [-0.4, -0.2) is 15.1 Å². The first-order valence-corrected chi connectivity index (χ1v) is 6.46. The van der Waals surface area contributed by atoms with Gasteiger partial charge in [-0.1, -0.05) is 6.07 Å². The van der Waals surface area contributed by atoms with Gasteiger partial charge in [0, 0.05) is 10.7 Å². The van der Waals surface area contributed by atoms with Crippen LogP contribution in [0.4, 0.5) is 4.39 Å². The topological polar surface area (TPSA) is 72.7 Å². The molecular formula is C14H7BrFN3O. The van der Waals surface area contributed by atoms with Gasteiger partial charge in [0.2, 0.25) is 0 Å². The lowest BCUT2D eigenvalue weighted by Gasteiger charge is -2.06. The molecule has 20 heavy (non-hydrogen) atoms. The maximum Gasteiger partial charge on any atom is 0.199 e. The van der Waals surface area contributed by atoms with E-state index in [9.17, 15) is 9.50 Å². The van der Waals surface area contributed by atoms with Gasteiger partial charge >= 0.3 is 0 Å². The molecule has 0 aliphatic heterocycles. The number of pyridine rings is 1. The van der Waals surface area contributed by atoms with Gasteiger partial charge in [0.05, 0.1) is 33.8 Å². The van der Waals surface area contributed by atoms with E-state index in [1.807, 2.05) is 6.07 Å². The molecule has 3 aromatic rings. The zero-order valence-electron chi connectivity index (χ0n) is 9.98. The fraction of sp³-hybridized carbons (Fsp3) is 0. The molecule has 0 spiro atoms. The van der Waals surface area contributed by atoms with Gasteiger partial charge < -0.3 is 10.1 Å². The van der Waals surface area contributed by atoms with Crippen LogP contribution in [-0.2, 0) is 0 Å². The number of rotatable bonds is 1. The number of aromatic nitrogens is 2. The van der Waals surface area contributed by atoms with E-state index >= 15 is 0 Å². The lowest BCUT2D eigenvalue weighted by molar-refractivity contribution is 0.462. The van der Waals surface area contributed by atoms with Crippen LogP contribution in [0, 0.1) is 17.1 Å². The number of fused-ring (bicyclic) bond motifs is 1. The molecule has 0 saturated heterocycles. The fourth-order valence-electron chi connectivity index (χ4n) is 2.09. The lowest BCUT2D eigenvalue weighted by Crippen LogP contribution is -1.93. The van der Waals surface area contributed by atoms with Crippen molar-refractivity contribution in [3.05, 3.63) is 46.3 Å². The first-order chi connectivity index (χ1) is 9.61. The number of nitrogens with one attached hydrogen (secondary N) is 1. The van der Waals surface area contributed by atoms with Crippen LogP contribution in [0.25, 0.3) is 22.2 Å². The quantitative estimate of drug-likeness (QED) is 0.713. The number of nitriles is 1. The van der Waals surface area contributed by atoms with Crippen LogP contribution < -0.4 is 0 Å². The Morgan fingerprint density at radius 1 is 1.40 bits per heavy atom. The minimum atomic E-state index is -0.512. The number of aromatic hydroxyl groups is 1. The predicted octanol–water partition coefficient (Wildman–Crippen LogP) is 3.71. The first kappa shape index (κ1) is 12.6. The number of H-pyrrole nitrogens is 1. The minimum Gasteiger partial charge on any atom is -0.494 e. The van der Waals surface area contributed by atoms with Crippen LogP contribution in [0.15, 0.2) is 34.9 Å². The van der Waals surface area contributed by atoms with E-state index in [0.29, 0.717) is 21.1 Å². The number of hydrogen-bond donors (Lipinski definition) is 2. The normalized spacial score (nSPS) is 10.7. The van der Waals surface area contributed by atoms with Gasteiger partial charge in [0.15, 0.2) is 5.88 Å². The lowest BCUT2D eigenvalue weighted by atomic mass is 10.0. The Bertz CT molecular complexity index is 867. The summed E-state index contributed by atoms with van der Waals surface area (Å²) in [4.78, 5) is 6.93. The smallest absolute Gasteiger partial charge is 0.199 e. The fourth-order valence-corrected chi connectivity index (χ4v) is 2.69. The van der Waals surface area contributed by atoms with Crippen molar-refractivity contribution in [2.24, 2.45) is 0 Å². The Morgan fingerprint density at radius 2 is 2.20 bits per heavy atom. The molecule has 0 fully saturated rings. The van der Waals surface area contributed by atoms with Crippen molar-refractivity contribution in [1.29, 1.82) is 5.26 Å². The molecule has 2 N–H and O–H groups in total. The Balaban J connectivity index is 2.34. The molecule has 0 bridgehead atoms. The molecule has 6 heteroatoms. The van der Waals surface area contributed by atoms with E-state index < -0.39 is 5.82 Å². The molecule has 4 nitrogen and oxygen atoms in total. The molecule has 0 aliphatic carbocycles. The zero-order chi connectivity index (χ0) is 14.3. The Morgan fingerprint density at radius 3 is 2.95 bits per heavy atom. The summed E-state index contributed by atoms with van der Waals surface area (Å²) in [6.45, 7) is 0. The minimum absolute atomic E-state index is 0.0139. The van der Waals surface area contributed by atoms with Crippen LogP contribution in [0.5, 0.6) is 5.88 Å². The zero-order valence-corrected chi connectivity index (χ0v) is 11.6. The molecule has 2 heterocycles. The summed E-state index contributed by atoms with van der Waals surface area (Å²) in [7, 11) is 0. The average Bonchev–Trinajstić information content (AvgIpc) is 2.80. The second-order valence-corrected chi connectivity index (χ2v) is 5.02. The van der Waals surface area contributed by atoms with Gasteiger partial charge in [-0.05, 0) is 34.1 Å². The summed E-state index contributed by atoms with van der Waals surface area (Å²) in [5, 5.41) is 19.3. The van der Waals surface area contributed by atoms with Crippen molar-refractivity contribution in [2.45, 2.75) is 0 Å². The van der Waals surface area contributed by atoms with Gasteiger partial charge in [-0.3, -0.25) is 0 Å². The van der Waals surface area contributed by atoms with Crippen molar-refractivity contribution < 1.29 is 9.50 Å². The van der Waals surface area contributed by atoms with E-state index in [4.69, 9.17) is 5.26 Å². The van der Waals surface area contributed by atoms with Gasteiger partial charge in [0.25, 0.3) is 0 Å². The summed E-state index contributed by atoms with van der Waals surface area (Å²) in [6, 6.07) is 7.83. The maximum atomic E-state index is 14.0. The number of benzene rings is 1. The van der Waals surface area contributed by atoms with Crippen LogP contribution in [0.3, 0.4) is 0 Å². The molecule has 1 aromatic carbocycles. The highest BCUT2D eigenvalue weighted by molar-refractivity contribution is 9.10. The van der Waals surface area contributed by atoms with Crippen molar-refractivity contribution in [3.8, 4) is 23.2 Å². The number of aromatic amines is 1. The summed E-state index contributed by atoms with van der Waals surface area (Å²) < 4.78 is 14.6. The largest absolute Gasteiger partial charge is 0.494 e. The highest BCUT2D eigenvalue weighted by Gasteiger charge is 2.16. The van der Waals surface area contributed by atoms with Gasteiger partial charge in [-0.15, -0.1) is 0 Å². The SMILES string of the molecule is N#Cc1cccc(F)c1-c1cc(Br)c2c(O)[nH]cc2n1. The standard InChI is InChI=1S/C14H7BrFN3O/c15-8-4-10(19-11-6-18-14(20)13(8)11)12-7(5-17)2-1-3-9(12)16/h1-4,6,18,20H. The third-order valence-electron chi connectivity index (χ3n) is 2.97. The van der Waals surface area contributed by atoms with E-state index in [-0.39, 0.29) is 17.0 Å². The summed E-state index contributed by atoms with van der Waals surface area (Å²) in [5.74, 6) is -0.525. The summed E-state index contributed by atoms with van der Waals surface area (Å²) in [6.07, 6.45) is 1.52. The predicted molar refractivity (Wildman–Crippen MR) is 75.6 cm³/mol. The molecule has 3 rings (SSSR count). The van der Waals surface area contributed by atoms with E-state index in [2.05, 4.69) is 25.9 Å². The number of nitrogens with zero attached hydrogens (tertiary/aromatic N) is 2. The maximum absolute atomic E-state index is 14.0. The monoisotopic (exact) mass is 331 g/mol. The Labute approximate surface area is 121 Å². The number of hydrogen-bond acceptors (Lipinski definition) is 3. The van der Waals surface area contributed by atoms with E-state index in [1.165, 1.54) is 24.4 Å².